The van der Waals surface area contributed by atoms with Gasteiger partial charge in [0, 0.05) is 18.7 Å². The minimum Gasteiger partial charge on any atom is -0.355 e. The molecule has 0 aliphatic heterocycles. The van der Waals surface area contributed by atoms with Crippen LogP contribution in [0, 0.1) is 10.1 Å². The largest absolute Gasteiger partial charge is 0.355 e. The number of carbonyl (C=O) groups is 1. The van der Waals surface area contributed by atoms with E-state index in [0.29, 0.717) is 6.54 Å². The number of aryl methyl sites for hydroxylation is 1. The first-order valence-electron chi connectivity index (χ1n) is 6.27. The molecular weight excluding hydrogens is 282 g/mol. The molecule has 0 aromatic heterocycles. The molecule has 0 aliphatic rings. The van der Waals surface area contributed by atoms with Gasteiger partial charge in [-0.05, 0) is 31.7 Å². The molecule has 0 fully saturated rings. The first-order valence-corrected chi connectivity index (χ1v) is 6.27. The summed E-state index contributed by atoms with van der Waals surface area (Å²) in [7, 11) is 0. The lowest BCUT2D eigenvalue weighted by Gasteiger charge is -2.07. The molecule has 7 heteroatoms. The number of hydrogen-bond acceptors (Lipinski definition) is 4. The number of nitro groups is 1. The second-order valence-electron chi connectivity index (χ2n) is 4.46. The van der Waals surface area contributed by atoms with Gasteiger partial charge in [-0.3, -0.25) is 14.9 Å². The van der Waals surface area contributed by atoms with Crippen LogP contribution in [0.25, 0.3) is 0 Å². The quantitative estimate of drug-likeness (QED) is 0.456. The second kappa shape index (κ2) is 9.28. The minimum atomic E-state index is -0.477. The standard InChI is InChI=1S/C13H19N3O3.ClH/c1-10(14)13(17)15-9-3-2-4-11-5-7-12(8-6-11)16(18)19;/h5-8,10H,2-4,9,14H2,1H3,(H,15,17);1H/t10-;/m0./s1. The highest BCUT2D eigenvalue weighted by Gasteiger charge is 2.06. The lowest BCUT2D eigenvalue weighted by molar-refractivity contribution is -0.384. The topological polar surface area (TPSA) is 98.3 Å². The van der Waals surface area contributed by atoms with E-state index in [2.05, 4.69) is 5.32 Å². The number of halogens is 1. The van der Waals surface area contributed by atoms with Crippen LogP contribution in [0.5, 0.6) is 0 Å². The van der Waals surface area contributed by atoms with Crippen molar-refractivity contribution in [3.63, 3.8) is 0 Å². The second-order valence-corrected chi connectivity index (χ2v) is 4.46. The van der Waals surface area contributed by atoms with E-state index in [4.69, 9.17) is 5.73 Å². The molecule has 20 heavy (non-hydrogen) atoms. The Labute approximate surface area is 124 Å². The van der Waals surface area contributed by atoms with Crippen LogP contribution in [0.4, 0.5) is 5.69 Å². The number of non-ortho nitro benzene ring substituents is 1. The molecule has 0 saturated carbocycles. The zero-order valence-electron chi connectivity index (χ0n) is 11.4. The van der Waals surface area contributed by atoms with Gasteiger partial charge in [0.05, 0.1) is 11.0 Å². The summed E-state index contributed by atoms with van der Waals surface area (Å²) < 4.78 is 0. The Hall–Kier alpha value is -1.66. The number of hydrogen-bond donors (Lipinski definition) is 2. The fourth-order valence-corrected chi connectivity index (χ4v) is 1.61. The fourth-order valence-electron chi connectivity index (χ4n) is 1.61. The highest BCUT2D eigenvalue weighted by molar-refractivity contribution is 5.85. The summed E-state index contributed by atoms with van der Waals surface area (Å²) in [5.74, 6) is -0.143. The van der Waals surface area contributed by atoms with Gasteiger partial charge < -0.3 is 11.1 Å². The molecule has 1 aromatic carbocycles. The van der Waals surface area contributed by atoms with Gasteiger partial charge in [0.2, 0.25) is 5.91 Å². The van der Waals surface area contributed by atoms with E-state index in [1.165, 1.54) is 12.1 Å². The van der Waals surface area contributed by atoms with Crippen molar-refractivity contribution >= 4 is 24.0 Å². The molecular formula is C13H20ClN3O3. The maximum Gasteiger partial charge on any atom is 0.269 e. The molecule has 6 nitrogen and oxygen atoms in total. The Morgan fingerprint density at radius 3 is 2.45 bits per heavy atom. The molecule has 0 unspecified atom stereocenters. The third-order valence-electron chi connectivity index (χ3n) is 2.75. The van der Waals surface area contributed by atoms with E-state index in [9.17, 15) is 14.9 Å². The van der Waals surface area contributed by atoms with Crippen LogP contribution in [-0.2, 0) is 11.2 Å². The molecule has 1 atom stereocenters. The Morgan fingerprint density at radius 2 is 1.95 bits per heavy atom. The zero-order valence-corrected chi connectivity index (χ0v) is 12.2. The third-order valence-corrected chi connectivity index (χ3v) is 2.75. The highest BCUT2D eigenvalue weighted by Crippen LogP contribution is 2.13. The molecule has 1 aromatic rings. The Balaban J connectivity index is 0.00000361. The van der Waals surface area contributed by atoms with E-state index in [1.54, 1.807) is 19.1 Å². The van der Waals surface area contributed by atoms with E-state index in [1.807, 2.05) is 0 Å². The van der Waals surface area contributed by atoms with Crippen LogP contribution < -0.4 is 11.1 Å². The van der Waals surface area contributed by atoms with Crippen molar-refractivity contribution in [1.29, 1.82) is 0 Å². The van der Waals surface area contributed by atoms with Crippen molar-refractivity contribution in [2.45, 2.75) is 32.2 Å². The maximum atomic E-state index is 11.2. The van der Waals surface area contributed by atoms with Gasteiger partial charge in [0.15, 0.2) is 0 Å². The van der Waals surface area contributed by atoms with Crippen molar-refractivity contribution in [2.24, 2.45) is 5.73 Å². The summed E-state index contributed by atoms with van der Waals surface area (Å²) in [6.45, 7) is 2.25. The normalized spacial score (nSPS) is 11.3. The number of nitrogens with one attached hydrogen (secondary N) is 1. The first-order chi connectivity index (χ1) is 9.00. The van der Waals surface area contributed by atoms with Crippen molar-refractivity contribution < 1.29 is 9.72 Å². The molecule has 0 radical (unpaired) electrons. The number of rotatable bonds is 7. The van der Waals surface area contributed by atoms with E-state index in [0.717, 1.165) is 24.8 Å². The number of nitrogens with two attached hydrogens (primary N) is 1. The van der Waals surface area contributed by atoms with Gasteiger partial charge in [-0.1, -0.05) is 12.1 Å². The highest BCUT2D eigenvalue weighted by atomic mass is 35.5. The Morgan fingerprint density at radius 1 is 1.35 bits per heavy atom. The molecule has 0 spiro atoms. The third kappa shape index (κ3) is 6.49. The predicted octanol–water partition coefficient (Wildman–Crippen LogP) is 1.80. The SMILES string of the molecule is C[C@H](N)C(=O)NCCCCc1ccc([N+](=O)[O-])cc1.Cl. The molecule has 1 amide bonds. The van der Waals surface area contributed by atoms with Gasteiger partial charge in [-0.2, -0.15) is 0 Å². The molecule has 1 rings (SSSR count). The van der Waals surface area contributed by atoms with Crippen LogP contribution in [0.15, 0.2) is 24.3 Å². The van der Waals surface area contributed by atoms with E-state index in [-0.39, 0.29) is 24.0 Å². The van der Waals surface area contributed by atoms with Crippen LogP contribution in [0.3, 0.4) is 0 Å². The summed E-state index contributed by atoms with van der Waals surface area (Å²) >= 11 is 0. The smallest absolute Gasteiger partial charge is 0.269 e. The van der Waals surface area contributed by atoms with Crippen LogP contribution in [0.2, 0.25) is 0 Å². The number of benzene rings is 1. The van der Waals surface area contributed by atoms with Crippen LogP contribution >= 0.6 is 12.4 Å². The lowest BCUT2D eigenvalue weighted by atomic mass is 10.1. The molecule has 0 heterocycles. The van der Waals surface area contributed by atoms with E-state index >= 15 is 0 Å². The Kier molecular flexibility index (Phi) is 8.51. The van der Waals surface area contributed by atoms with Crippen molar-refractivity contribution in [1.82, 2.24) is 5.32 Å². The van der Waals surface area contributed by atoms with Crippen molar-refractivity contribution in [3.8, 4) is 0 Å². The molecule has 0 bridgehead atoms. The Bertz CT molecular complexity index is 435. The average Bonchev–Trinajstić information content (AvgIpc) is 2.38. The molecule has 0 saturated heterocycles. The minimum absolute atomic E-state index is 0. The van der Waals surface area contributed by atoms with Gasteiger partial charge in [0.1, 0.15) is 0 Å². The van der Waals surface area contributed by atoms with Crippen molar-refractivity contribution in [2.75, 3.05) is 6.54 Å². The molecule has 0 aliphatic carbocycles. The first kappa shape index (κ1) is 18.3. The lowest BCUT2D eigenvalue weighted by Crippen LogP contribution is -2.38. The van der Waals surface area contributed by atoms with Gasteiger partial charge in [-0.15, -0.1) is 12.4 Å². The predicted molar refractivity (Wildman–Crippen MR) is 79.9 cm³/mol. The molecule has 112 valence electrons. The van der Waals surface area contributed by atoms with Gasteiger partial charge in [-0.25, -0.2) is 0 Å². The van der Waals surface area contributed by atoms with Crippen LogP contribution in [-0.4, -0.2) is 23.4 Å². The monoisotopic (exact) mass is 301 g/mol. The summed E-state index contributed by atoms with van der Waals surface area (Å²) in [6.07, 6.45) is 2.61. The number of amides is 1. The van der Waals surface area contributed by atoms with E-state index < -0.39 is 11.0 Å². The maximum absolute atomic E-state index is 11.2. The zero-order chi connectivity index (χ0) is 14.3. The number of nitrogens with zero attached hydrogens (tertiary/aromatic N) is 1. The average molecular weight is 302 g/mol. The number of nitro benzene ring substituents is 1. The van der Waals surface area contributed by atoms with Crippen LogP contribution in [0.1, 0.15) is 25.3 Å². The van der Waals surface area contributed by atoms with Gasteiger partial charge in [0.25, 0.3) is 5.69 Å². The summed E-state index contributed by atoms with van der Waals surface area (Å²) in [4.78, 5) is 21.3. The van der Waals surface area contributed by atoms with Crippen molar-refractivity contribution in [3.05, 3.63) is 39.9 Å². The molecule has 3 N–H and O–H groups in total. The summed E-state index contributed by atoms with van der Waals surface area (Å²) in [5.41, 5.74) is 6.58. The van der Waals surface area contributed by atoms with Gasteiger partial charge >= 0.3 is 0 Å². The number of carbonyl (C=O) groups excluding carboxylic acids is 1. The summed E-state index contributed by atoms with van der Waals surface area (Å²) in [5, 5.41) is 13.2. The number of unbranched alkanes of at least 4 members (excludes halogenated alkanes) is 1. The summed E-state index contributed by atoms with van der Waals surface area (Å²) in [6, 6.07) is 6.06. The fraction of sp³-hybridized carbons (Fsp3) is 0.462.